The topological polar surface area (TPSA) is 97.3 Å². The number of H-pyrrole nitrogens is 1. The minimum absolute atomic E-state index is 0.223. The van der Waals surface area contributed by atoms with Crippen LogP contribution in [-0.2, 0) is 12.8 Å². The molecule has 0 aliphatic carbocycles. The predicted molar refractivity (Wildman–Crippen MR) is 90.7 cm³/mol. The second-order valence-electron chi connectivity index (χ2n) is 5.22. The Bertz CT molecular complexity index is 1040. The number of aromatic nitrogens is 6. The molecule has 0 saturated carbocycles. The van der Waals surface area contributed by atoms with Gasteiger partial charge in [0.05, 0.1) is 11.1 Å². The van der Waals surface area contributed by atoms with E-state index in [0.717, 1.165) is 22.5 Å². The van der Waals surface area contributed by atoms with Crippen LogP contribution < -0.4 is 5.56 Å². The molecule has 0 atom stereocenters. The van der Waals surface area contributed by atoms with Crippen molar-refractivity contribution in [1.82, 2.24) is 30.6 Å². The molecule has 0 unspecified atom stereocenters. The van der Waals surface area contributed by atoms with Gasteiger partial charge in [0.1, 0.15) is 10.8 Å². The molecule has 0 amide bonds. The van der Waals surface area contributed by atoms with Crippen LogP contribution in [0.3, 0.4) is 0 Å². The molecular formula is C16H12N6OS. The number of nitrogens with one attached hydrogen (secondary N) is 1. The lowest BCUT2D eigenvalue weighted by atomic mass is 10.1. The van der Waals surface area contributed by atoms with Gasteiger partial charge in [0.2, 0.25) is 0 Å². The first kappa shape index (κ1) is 14.6. The largest absolute Gasteiger partial charge is 0.279 e. The maximum absolute atomic E-state index is 12.2. The first-order valence-corrected chi connectivity index (χ1v) is 8.19. The summed E-state index contributed by atoms with van der Waals surface area (Å²) >= 11 is 1.47. The monoisotopic (exact) mass is 336 g/mol. The molecule has 0 bridgehead atoms. The van der Waals surface area contributed by atoms with Crippen molar-refractivity contribution < 1.29 is 0 Å². The lowest BCUT2D eigenvalue weighted by Crippen LogP contribution is -2.06. The molecule has 1 N–H and O–H groups in total. The lowest BCUT2D eigenvalue weighted by Gasteiger charge is -2.04. The quantitative estimate of drug-likeness (QED) is 0.612. The molecule has 4 rings (SSSR count). The summed E-state index contributed by atoms with van der Waals surface area (Å²) in [5.74, 6) is 0.738. The summed E-state index contributed by atoms with van der Waals surface area (Å²) in [6.45, 7) is 0. The van der Waals surface area contributed by atoms with E-state index in [1.54, 1.807) is 12.3 Å². The molecule has 0 radical (unpaired) electrons. The normalized spacial score (nSPS) is 11.0. The van der Waals surface area contributed by atoms with Gasteiger partial charge in [0.15, 0.2) is 0 Å². The van der Waals surface area contributed by atoms with E-state index >= 15 is 0 Å². The third-order valence-electron chi connectivity index (χ3n) is 3.61. The van der Waals surface area contributed by atoms with E-state index in [1.807, 2.05) is 30.3 Å². The summed E-state index contributed by atoms with van der Waals surface area (Å²) < 4.78 is 0.910. The molecule has 8 heteroatoms. The molecule has 118 valence electrons. The van der Waals surface area contributed by atoms with Crippen LogP contribution in [0.5, 0.6) is 0 Å². The van der Waals surface area contributed by atoms with Gasteiger partial charge >= 0.3 is 0 Å². The highest BCUT2D eigenvalue weighted by atomic mass is 32.1. The van der Waals surface area contributed by atoms with Crippen molar-refractivity contribution in [3.8, 4) is 10.7 Å². The van der Waals surface area contributed by atoms with Crippen molar-refractivity contribution in [3.05, 3.63) is 64.3 Å². The first-order chi connectivity index (χ1) is 11.8. The Hall–Kier alpha value is -3.00. The summed E-state index contributed by atoms with van der Waals surface area (Å²) in [7, 11) is 0. The predicted octanol–water partition coefficient (Wildman–Crippen LogP) is 2.02. The second-order valence-corrected chi connectivity index (χ2v) is 6.25. The number of rotatable bonds is 4. The number of nitrogens with zero attached hydrogens (tertiary/aromatic N) is 5. The van der Waals surface area contributed by atoms with Crippen LogP contribution in [0.25, 0.3) is 20.8 Å². The van der Waals surface area contributed by atoms with Gasteiger partial charge in [0, 0.05) is 17.3 Å². The van der Waals surface area contributed by atoms with Crippen molar-refractivity contribution in [2.24, 2.45) is 0 Å². The van der Waals surface area contributed by atoms with Gasteiger partial charge in [-0.25, -0.2) is 5.10 Å². The number of hydrogen-bond donors (Lipinski definition) is 1. The van der Waals surface area contributed by atoms with Gasteiger partial charge in [-0.2, -0.15) is 4.98 Å². The average molecular weight is 336 g/mol. The van der Waals surface area contributed by atoms with Crippen molar-refractivity contribution in [3.63, 3.8) is 0 Å². The van der Waals surface area contributed by atoms with E-state index in [-0.39, 0.29) is 5.56 Å². The Morgan fingerprint density at radius 2 is 2.04 bits per heavy atom. The SMILES string of the molecule is O=c1nc(-c2cc(CCc3nnn[nH]3)ccn2)sc2ccccc12. The second kappa shape index (κ2) is 6.25. The van der Waals surface area contributed by atoms with E-state index in [9.17, 15) is 4.79 Å². The van der Waals surface area contributed by atoms with Crippen LogP contribution in [0.2, 0.25) is 0 Å². The zero-order valence-electron chi connectivity index (χ0n) is 12.5. The zero-order valence-corrected chi connectivity index (χ0v) is 13.3. The molecule has 3 aromatic heterocycles. The number of hydrogen-bond acceptors (Lipinski definition) is 7. The van der Waals surface area contributed by atoms with Gasteiger partial charge in [-0.15, -0.1) is 16.4 Å². The average Bonchev–Trinajstić information content (AvgIpc) is 3.14. The molecule has 0 saturated heterocycles. The molecule has 1 aromatic carbocycles. The lowest BCUT2D eigenvalue weighted by molar-refractivity contribution is 0.863. The fraction of sp³-hybridized carbons (Fsp3) is 0.125. The van der Waals surface area contributed by atoms with Crippen molar-refractivity contribution in [1.29, 1.82) is 0 Å². The van der Waals surface area contributed by atoms with Gasteiger partial charge in [0.25, 0.3) is 5.56 Å². The molecule has 4 aromatic rings. The summed E-state index contributed by atoms with van der Waals surface area (Å²) in [6, 6.07) is 11.4. The van der Waals surface area contributed by atoms with Crippen molar-refractivity contribution >= 4 is 21.4 Å². The maximum Gasteiger partial charge on any atom is 0.279 e. The van der Waals surface area contributed by atoms with E-state index in [1.165, 1.54) is 11.3 Å². The van der Waals surface area contributed by atoms with Crippen LogP contribution >= 0.6 is 11.3 Å². The fourth-order valence-electron chi connectivity index (χ4n) is 2.42. The maximum atomic E-state index is 12.2. The molecule has 0 spiro atoms. The molecule has 0 fully saturated rings. The van der Waals surface area contributed by atoms with Crippen LogP contribution in [-0.4, -0.2) is 30.6 Å². The van der Waals surface area contributed by atoms with E-state index in [4.69, 9.17) is 0 Å². The molecular weight excluding hydrogens is 324 g/mol. The zero-order chi connectivity index (χ0) is 16.4. The Labute approximate surface area is 140 Å². The molecule has 0 aliphatic rings. The summed E-state index contributed by atoms with van der Waals surface area (Å²) in [5, 5.41) is 15.0. The van der Waals surface area contributed by atoms with Crippen LogP contribution in [0.15, 0.2) is 47.4 Å². The van der Waals surface area contributed by atoms with E-state index in [2.05, 4.69) is 30.6 Å². The highest BCUT2D eigenvalue weighted by Crippen LogP contribution is 2.25. The number of benzene rings is 1. The Balaban J connectivity index is 1.67. The number of tetrazole rings is 1. The smallest absolute Gasteiger partial charge is 0.267 e. The number of pyridine rings is 1. The van der Waals surface area contributed by atoms with Crippen molar-refractivity contribution in [2.45, 2.75) is 12.8 Å². The first-order valence-electron chi connectivity index (χ1n) is 7.37. The fourth-order valence-corrected chi connectivity index (χ4v) is 3.38. The Morgan fingerprint density at radius 1 is 1.12 bits per heavy atom. The van der Waals surface area contributed by atoms with Crippen LogP contribution in [0, 0.1) is 0 Å². The third-order valence-corrected chi connectivity index (χ3v) is 4.68. The number of aromatic amines is 1. The Morgan fingerprint density at radius 3 is 2.92 bits per heavy atom. The molecule has 7 nitrogen and oxygen atoms in total. The van der Waals surface area contributed by atoms with Crippen LogP contribution in [0.4, 0.5) is 0 Å². The van der Waals surface area contributed by atoms with E-state index in [0.29, 0.717) is 22.5 Å². The highest BCUT2D eigenvalue weighted by Gasteiger charge is 2.08. The van der Waals surface area contributed by atoms with Crippen molar-refractivity contribution in [2.75, 3.05) is 0 Å². The van der Waals surface area contributed by atoms with Gasteiger partial charge < -0.3 is 0 Å². The van der Waals surface area contributed by atoms with Gasteiger partial charge in [-0.3, -0.25) is 9.78 Å². The summed E-state index contributed by atoms with van der Waals surface area (Å²) in [6.07, 6.45) is 3.21. The van der Waals surface area contributed by atoms with Crippen LogP contribution in [0.1, 0.15) is 11.4 Å². The number of aryl methyl sites for hydroxylation is 2. The van der Waals surface area contributed by atoms with E-state index < -0.39 is 0 Å². The summed E-state index contributed by atoms with van der Waals surface area (Å²) in [5.41, 5.74) is 1.57. The highest BCUT2D eigenvalue weighted by molar-refractivity contribution is 7.21. The van der Waals surface area contributed by atoms with Gasteiger partial charge in [-0.05, 0) is 46.7 Å². The minimum atomic E-state index is -0.223. The Kier molecular flexibility index (Phi) is 3.80. The minimum Gasteiger partial charge on any atom is -0.267 e. The molecule has 3 heterocycles. The number of fused-ring (bicyclic) bond motifs is 1. The third kappa shape index (κ3) is 2.91. The standard InChI is InChI=1S/C16H12N6OS/c23-15-11-3-1-2-4-13(11)24-16(18-15)12-9-10(7-8-17-12)5-6-14-19-21-22-20-14/h1-4,7-9H,5-6H2,(H,19,20,21,22). The molecule has 24 heavy (non-hydrogen) atoms. The van der Waals surface area contributed by atoms with Gasteiger partial charge in [-0.1, -0.05) is 12.1 Å². The molecule has 0 aliphatic heterocycles. The summed E-state index contributed by atoms with van der Waals surface area (Å²) in [4.78, 5) is 20.7.